The van der Waals surface area contributed by atoms with E-state index in [0.29, 0.717) is 11.6 Å². The fraction of sp³-hybridized carbons (Fsp3) is 0.294. The molecule has 0 aromatic heterocycles. The highest BCUT2D eigenvalue weighted by Crippen LogP contribution is 2.26. The second-order valence-electron chi connectivity index (χ2n) is 5.07. The normalized spacial score (nSPS) is 12.0. The molecule has 2 rings (SSSR count). The molecule has 1 atom stereocenters. The van der Waals surface area contributed by atoms with Gasteiger partial charge in [-0.25, -0.2) is 0 Å². The number of hydrogen-bond donors (Lipinski definition) is 1. The van der Waals surface area contributed by atoms with Crippen molar-refractivity contribution in [3.63, 3.8) is 0 Å². The topological polar surface area (TPSA) is 44.5 Å². The van der Waals surface area contributed by atoms with Crippen LogP contribution in [0.3, 0.4) is 0 Å². The molecule has 2 aromatic rings. The fourth-order valence-corrected chi connectivity index (χ4v) is 2.33. The maximum Gasteiger partial charge on any atom is 0.123 e. The van der Waals surface area contributed by atoms with E-state index < -0.39 is 0 Å². The summed E-state index contributed by atoms with van der Waals surface area (Å²) in [6.07, 6.45) is 0.738. The Labute approximate surface area is 130 Å². The number of nitrogens with two attached hydrogens (primary N) is 1. The van der Waals surface area contributed by atoms with E-state index in [1.807, 2.05) is 49.4 Å². The lowest BCUT2D eigenvalue weighted by atomic mass is 10.1. The molecule has 0 saturated carbocycles. The molecule has 21 heavy (non-hydrogen) atoms. The lowest BCUT2D eigenvalue weighted by molar-refractivity contribution is 0.301. The Morgan fingerprint density at radius 2 is 2.00 bits per heavy atom. The molecule has 1 unspecified atom stereocenters. The van der Waals surface area contributed by atoms with Crippen molar-refractivity contribution in [1.82, 2.24) is 0 Å². The van der Waals surface area contributed by atoms with Crippen molar-refractivity contribution in [3.05, 3.63) is 58.6 Å². The van der Waals surface area contributed by atoms with E-state index in [0.717, 1.165) is 29.0 Å². The molecule has 0 saturated heterocycles. The highest BCUT2D eigenvalue weighted by atomic mass is 35.5. The van der Waals surface area contributed by atoms with Crippen LogP contribution in [0.15, 0.2) is 42.5 Å². The molecule has 0 bridgehead atoms. The monoisotopic (exact) mass is 305 g/mol. The zero-order valence-electron chi connectivity index (χ0n) is 12.3. The highest BCUT2D eigenvalue weighted by molar-refractivity contribution is 6.30. The zero-order chi connectivity index (χ0) is 15.2. The molecule has 0 aliphatic carbocycles. The molecule has 4 heteroatoms. The Hall–Kier alpha value is -1.71. The summed E-state index contributed by atoms with van der Waals surface area (Å²) < 4.78 is 11.2. The van der Waals surface area contributed by atoms with Crippen LogP contribution in [0, 0.1) is 0 Å². The SMILES string of the molecule is COc1ccc(OCc2cccc(Cl)c2)c(CC(C)N)c1. The van der Waals surface area contributed by atoms with E-state index in [1.54, 1.807) is 7.11 Å². The third kappa shape index (κ3) is 4.66. The molecule has 2 N–H and O–H groups in total. The van der Waals surface area contributed by atoms with Crippen molar-refractivity contribution in [2.24, 2.45) is 5.73 Å². The number of halogens is 1. The van der Waals surface area contributed by atoms with E-state index >= 15 is 0 Å². The van der Waals surface area contributed by atoms with Crippen LogP contribution >= 0.6 is 11.6 Å². The Bertz CT molecular complexity index is 599. The summed E-state index contributed by atoms with van der Waals surface area (Å²) in [5.41, 5.74) is 7.98. The molecule has 3 nitrogen and oxygen atoms in total. The summed E-state index contributed by atoms with van der Waals surface area (Å²) in [5, 5.41) is 0.710. The minimum absolute atomic E-state index is 0.0608. The zero-order valence-corrected chi connectivity index (χ0v) is 13.1. The van der Waals surface area contributed by atoms with E-state index in [-0.39, 0.29) is 6.04 Å². The first-order valence-corrected chi connectivity index (χ1v) is 7.26. The van der Waals surface area contributed by atoms with Crippen LogP contribution in [0.25, 0.3) is 0 Å². The minimum atomic E-state index is 0.0608. The molecule has 2 aromatic carbocycles. The van der Waals surface area contributed by atoms with E-state index in [1.165, 1.54) is 0 Å². The molecule has 0 heterocycles. The van der Waals surface area contributed by atoms with Crippen LogP contribution in [0.5, 0.6) is 11.5 Å². The molecular weight excluding hydrogens is 286 g/mol. The van der Waals surface area contributed by atoms with Crippen LogP contribution in [-0.4, -0.2) is 13.2 Å². The third-order valence-electron chi connectivity index (χ3n) is 3.09. The molecule has 0 fully saturated rings. The maximum atomic E-state index is 5.98. The summed E-state index contributed by atoms with van der Waals surface area (Å²) in [5.74, 6) is 1.63. The number of rotatable bonds is 6. The van der Waals surface area contributed by atoms with Gasteiger partial charge < -0.3 is 15.2 Å². The van der Waals surface area contributed by atoms with Gasteiger partial charge in [0.25, 0.3) is 0 Å². The number of ether oxygens (including phenoxy) is 2. The van der Waals surface area contributed by atoms with Gasteiger partial charge in [0.1, 0.15) is 18.1 Å². The summed E-state index contributed by atoms with van der Waals surface area (Å²) >= 11 is 5.98. The largest absolute Gasteiger partial charge is 0.497 e. The van der Waals surface area contributed by atoms with E-state index in [2.05, 4.69) is 0 Å². The molecule has 0 spiro atoms. The van der Waals surface area contributed by atoms with Crippen molar-refractivity contribution in [1.29, 1.82) is 0 Å². The minimum Gasteiger partial charge on any atom is -0.497 e. The van der Waals surface area contributed by atoms with E-state index in [9.17, 15) is 0 Å². The molecular formula is C17H20ClNO2. The Balaban J connectivity index is 2.14. The summed E-state index contributed by atoms with van der Waals surface area (Å²) in [6.45, 7) is 2.44. The molecule has 0 aliphatic heterocycles. The van der Waals surface area contributed by atoms with Crippen LogP contribution in [-0.2, 0) is 13.0 Å². The molecule has 0 amide bonds. The second kappa shape index (κ2) is 7.34. The van der Waals surface area contributed by atoms with E-state index in [4.69, 9.17) is 26.8 Å². The third-order valence-corrected chi connectivity index (χ3v) is 3.33. The van der Waals surface area contributed by atoms with Crippen molar-refractivity contribution < 1.29 is 9.47 Å². The lowest BCUT2D eigenvalue weighted by Gasteiger charge is -2.14. The van der Waals surface area contributed by atoms with Gasteiger partial charge in [0.15, 0.2) is 0 Å². The van der Waals surface area contributed by atoms with Gasteiger partial charge in [-0.2, -0.15) is 0 Å². The predicted octanol–water partition coefficient (Wildman–Crippen LogP) is 3.82. The van der Waals surface area contributed by atoms with Crippen LogP contribution in [0.4, 0.5) is 0 Å². The van der Waals surface area contributed by atoms with Crippen molar-refractivity contribution in [3.8, 4) is 11.5 Å². The van der Waals surface area contributed by atoms with Crippen molar-refractivity contribution in [2.75, 3.05) is 7.11 Å². The number of hydrogen-bond acceptors (Lipinski definition) is 3. The fourth-order valence-electron chi connectivity index (χ4n) is 2.12. The lowest BCUT2D eigenvalue weighted by Crippen LogP contribution is -2.18. The highest BCUT2D eigenvalue weighted by Gasteiger charge is 2.08. The summed E-state index contributed by atoms with van der Waals surface area (Å²) in [4.78, 5) is 0. The first-order valence-electron chi connectivity index (χ1n) is 6.88. The van der Waals surface area contributed by atoms with Crippen LogP contribution in [0.2, 0.25) is 5.02 Å². The Morgan fingerprint density at radius 1 is 1.19 bits per heavy atom. The first-order chi connectivity index (χ1) is 10.1. The average molecular weight is 306 g/mol. The van der Waals surface area contributed by atoms with Crippen molar-refractivity contribution in [2.45, 2.75) is 26.0 Å². The summed E-state index contributed by atoms with van der Waals surface area (Å²) in [7, 11) is 1.65. The van der Waals surface area contributed by atoms with Gasteiger partial charge in [0, 0.05) is 11.1 Å². The van der Waals surface area contributed by atoms with Crippen molar-refractivity contribution >= 4 is 11.6 Å². The molecule has 0 aliphatic rings. The van der Waals surface area contributed by atoms with Gasteiger partial charge in [-0.15, -0.1) is 0 Å². The second-order valence-corrected chi connectivity index (χ2v) is 5.51. The molecule has 0 radical (unpaired) electrons. The van der Waals surface area contributed by atoms with Gasteiger partial charge in [-0.3, -0.25) is 0 Å². The van der Waals surface area contributed by atoms with Crippen LogP contribution < -0.4 is 15.2 Å². The summed E-state index contributed by atoms with van der Waals surface area (Å²) in [6, 6.07) is 13.5. The number of benzene rings is 2. The maximum absolute atomic E-state index is 5.98. The van der Waals surface area contributed by atoms with Crippen LogP contribution in [0.1, 0.15) is 18.1 Å². The van der Waals surface area contributed by atoms with Gasteiger partial charge in [-0.05, 0) is 54.8 Å². The average Bonchev–Trinajstić information content (AvgIpc) is 2.45. The van der Waals surface area contributed by atoms with Gasteiger partial charge in [0.05, 0.1) is 7.11 Å². The number of methoxy groups -OCH3 is 1. The Kier molecular flexibility index (Phi) is 5.48. The van der Waals surface area contributed by atoms with Gasteiger partial charge in [0.2, 0.25) is 0 Å². The Morgan fingerprint density at radius 3 is 2.67 bits per heavy atom. The van der Waals surface area contributed by atoms with Gasteiger partial charge in [-0.1, -0.05) is 23.7 Å². The van der Waals surface area contributed by atoms with Gasteiger partial charge >= 0.3 is 0 Å². The quantitative estimate of drug-likeness (QED) is 0.882. The first kappa shape index (κ1) is 15.7. The predicted molar refractivity (Wildman–Crippen MR) is 86.1 cm³/mol. The smallest absolute Gasteiger partial charge is 0.123 e. The molecule has 112 valence electrons. The standard InChI is InChI=1S/C17H20ClNO2/c1-12(19)8-14-10-16(20-2)6-7-17(14)21-11-13-4-3-5-15(18)9-13/h3-7,9-10,12H,8,11,19H2,1-2H3.